The first-order chi connectivity index (χ1) is 30.6. The van der Waals surface area contributed by atoms with Gasteiger partial charge in [0.05, 0.1) is 34.4 Å². The minimum absolute atomic E-state index is 0.0411. The van der Waals surface area contributed by atoms with Crippen LogP contribution in [-0.4, -0.2) is 80.6 Å². The second kappa shape index (κ2) is 44.8. The van der Waals surface area contributed by atoms with E-state index in [1.807, 2.05) is 21.1 Å². The van der Waals surface area contributed by atoms with Gasteiger partial charge in [0.1, 0.15) is 6.61 Å². The van der Waals surface area contributed by atoms with Crippen LogP contribution in [0.2, 0.25) is 0 Å². The molecule has 0 saturated heterocycles. The van der Waals surface area contributed by atoms with Crippen LogP contribution < -0.4 is 0 Å². The quantitative estimate of drug-likeness (QED) is 0.0282. The van der Waals surface area contributed by atoms with E-state index in [0.29, 0.717) is 19.3 Å². The van der Waals surface area contributed by atoms with E-state index in [9.17, 15) is 19.5 Å². The lowest BCUT2D eigenvalue weighted by atomic mass is 10.1. The van der Waals surface area contributed by atoms with Crippen molar-refractivity contribution >= 4 is 17.9 Å². The van der Waals surface area contributed by atoms with E-state index in [2.05, 4.69) is 111 Å². The van der Waals surface area contributed by atoms with Crippen molar-refractivity contribution in [3.8, 4) is 0 Å². The van der Waals surface area contributed by atoms with E-state index in [-0.39, 0.29) is 36.2 Å². The summed E-state index contributed by atoms with van der Waals surface area (Å²) in [7, 11) is 5.51. The SMILES string of the molecule is CC/C=C/C/C=C/C/C=C/C/C=C/C/C=C/C/C=C/CCCCCC(=O)OCC(COCCC(C(=O)O)[N+](C)(C)C)OC(=O)CCCCCCCCC/C=C/C/C=C/CCCCC. The number of hydrogen-bond acceptors (Lipinski definition) is 6. The summed E-state index contributed by atoms with van der Waals surface area (Å²) >= 11 is 0. The minimum Gasteiger partial charge on any atom is -0.477 e. The summed E-state index contributed by atoms with van der Waals surface area (Å²) in [5.74, 6) is -1.53. The number of carboxylic acids is 1. The van der Waals surface area contributed by atoms with E-state index in [1.54, 1.807) is 0 Å². The van der Waals surface area contributed by atoms with E-state index < -0.39 is 18.1 Å². The summed E-state index contributed by atoms with van der Waals surface area (Å²) in [5.41, 5.74) is 0. The Hall–Kier alpha value is -3.75. The third-order valence-corrected chi connectivity index (χ3v) is 10.5. The Morgan fingerprint density at radius 3 is 1.33 bits per heavy atom. The summed E-state index contributed by atoms with van der Waals surface area (Å²) in [5, 5.41) is 9.65. The van der Waals surface area contributed by atoms with Gasteiger partial charge < -0.3 is 23.8 Å². The number of nitrogens with zero attached hydrogens (tertiary/aromatic N) is 1. The number of hydrogen-bond donors (Lipinski definition) is 1. The van der Waals surface area contributed by atoms with Crippen molar-refractivity contribution in [2.75, 3.05) is 41.0 Å². The number of carboxylic acid groups (broad SMARTS) is 1. The van der Waals surface area contributed by atoms with E-state index in [0.717, 1.165) is 96.3 Å². The molecule has 0 aliphatic carbocycles. The van der Waals surface area contributed by atoms with Crippen LogP contribution in [0.25, 0.3) is 0 Å². The van der Waals surface area contributed by atoms with Gasteiger partial charge >= 0.3 is 17.9 Å². The molecule has 2 atom stereocenters. The number of ether oxygens (including phenoxy) is 3. The Kier molecular flexibility index (Phi) is 42.2. The van der Waals surface area contributed by atoms with Gasteiger partial charge in [0.2, 0.25) is 0 Å². The molecule has 0 aromatic rings. The zero-order valence-corrected chi connectivity index (χ0v) is 40.7. The van der Waals surface area contributed by atoms with Crippen molar-refractivity contribution in [1.82, 2.24) is 0 Å². The van der Waals surface area contributed by atoms with Gasteiger partial charge in [-0.3, -0.25) is 9.59 Å². The summed E-state index contributed by atoms with van der Waals surface area (Å²) < 4.78 is 17.3. The van der Waals surface area contributed by atoms with Gasteiger partial charge in [-0.1, -0.05) is 162 Å². The molecule has 0 saturated carbocycles. The Morgan fingerprint density at radius 2 is 0.889 bits per heavy atom. The van der Waals surface area contributed by atoms with Crippen LogP contribution in [0.1, 0.15) is 181 Å². The monoisotopic (exact) mass is 879 g/mol. The predicted octanol–water partition coefficient (Wildman–Crippen LogP) is 14.2. The number of allylic oxidation sites excluding steroid dienone is 16. The average molecular weight is 879 g/mol. The molecule has 0 amide bonds. The molecular weight excluding hydrogens is 787 g/mol. The third kappa shape index (κ3) is 43.3. The van der Waals surface area contributed by atoms with E-state index >= 15 is 0 Å². The Morgan fingerprint density at radius 1 is 0.492 bits per heavy atom. The largest absolute Gasteiger partial charge is 0.477 e. The molecular formula is C55H92NO7+. The lowest BCUT2D eigenvalue weighted by Crippen LogP contribution is -2.50. The van der Waals surface area contributed by atoms with Crippen LogP contribution >= 0.6 is 0 Å². The van der Waals surface area contributed by atoms with Crippen LogP contribution in [-0.2, 0) is 28.6 Å². The average Bonchev–Trinajstić information content (AvgIpc) is 3.24. The number of aliphatic carboxylic acids is 1. The molecule has 8 nitrogen and oxygen atoms in total. The van der Waals surface area contributed by atoms with Crippen LogP contribution in [0.3, 0.4) is 0 Å². The molecule has 0 aliphatic heterocycles. The molecule has 0 aromatic carbocycles. The Labute approximate surface area is 386 Å². The molecule has 0 aliphatic rings. The molecule has 2 unspecified atom stereocenters. The maximum atomic E-state index is 12.8. The number of carbonyl (C=O) groups excluding carboxylic acids is 2. The number of unbranched alkanes of at least 4 members (excludes halogenated alkanes) is 13. The molecule has 63 heavy (non-hydrogen) atoms. The van der Waals surface area contributed by atoms with Crippen molar-refractivity contribution in [2.24, 2.45) is 0 Å². The van der Waals surface area contributed by atoms with Crippen LogP contribution in [0.4, 0.5) is 0 Å². The number of likely N-dealkylation sites (N-methyl/N-ethyl adjacent to an activating group) is 1. The fraction of sp³-hybridized carbons (Fsp3) is 0.655. The highest BCUT2D eigenvalue weighted by Crippen LogP contribution is 2.13. The van der Waals surface area contributed by atoms with Gasteiger partial charge in [-0.25, -0.2) is 4.79 Å². The molecule has 0 spiro atoms. The van der Waals surface area contributed by atoms with Gasteiger partial charge in [0.25, 0.3) is 0 Å². The van der Waals surface area contributed by atoms with Gasteiger partial charge in [-0.15, -0.1) is 0 Å². The number of esters is 2. The number of rotatable bonds is 43. The predicted molar refractivity (Wildman–Crippen MR) is 266 cm³/mol. The Bertz CT molecular complexity index is 1350. The molecule has 0 radical (unpaired) electrons. The maximum Gasteiger partial charge on any atom is 0.362 e. The molecule has 0 heterocycles. The first kappa shape index (κ1) is 59.2. The van der Waals surface area contributed by atoms with Gasteiger partial charge in [-0.05, 0) is 96.3 Å². The first-order valence-electron chi connectivity index (χ1n) is 24.8. The second-order valence-corrected chi connectivity index (χ2v) is 17.3. The zero-order chi connectivity index (χ0) is 46.3. The Balaban J connectivity index is 4.37. The van der Waals surface area contributed by atoms with Crippen molar-refractivity contribution in [2.45, 2.75) is 193 Å². The lowest BCUT2D eigenvalue weighted by molar-refractivity contribution is -0.887. The molecule has 0 aromatic heterocycles. The lowest BCUT2D eigenvalue weighted by Gasteiger charge is -2.31. The van der Waals surface area contributed by atoms with E-state index in [4.69, 9.17) is 14.2 Å². The molecule has 1 N–H and O–H groups in total. The van der Waals surface area contributed by atoms with Gasteiger partial charge in [0, 0.05) is 19.3 Å². The highest BCUT2D eigenvalue weighted by atomic mass is 16.6. The fourth-order valence-corrected chi connectivity index (χ4v) is 6.65. The van der Waals surface area contributed by atoms with E-state index in [1.165, 1.54) is 51.4 Å². The van der Waals surface area contributed by atoms with Gasteiger partial charge in [-0.2, -0.15) is 0 Å². The standard InChI is InChI=1S/C55H91NO7/c1-6-8-10-12-14-16-18-20-22-24-25-26-27-28-30-31-33-35-37-39-41-43-45-53(57)62-50-51(49-61-48-47-52(55(59)60)56(3,4)5)63-54(58)46-44-42-40-38-36-34-32-29-23-21-19-17-15-13-11-9-7-2/h8,10,14-17,20-23,25-26,28,30,33,35,51-52H,6-7,9,11-13,18-19,24,27,29,31-32,34,36-50H2,1-5H3/p+1/b10-8+,16-14+,17-15+,22-20+,23-21+,26-25+,30-28+,35-33+. The van der Waals surface area contributed by atoms with Crippen LogP contribution in [0, 0.1) is 0 Å². The smallest absolute Gasteiger partial charge is 0.362 e. The van der Waals surface area contributed by atoms with Crippen molar-refractivity contribution < 1.29 is 38.2 Å². The van der Waals surface area contributed by atoms with Crippen molar-refractivity contribution in [1.29, 1.82) is 0 Å². The van der Waals surface area contributed by atoms with Crippen LogP contribution in [0.15, 0.2) is 97.2 Å². The highest BCUT2D eigenvalue weighted by molar-refractivity contribution is 5.72. The number of carbonyl (C=O) groups is 3. The summed E-state index contributed by atoms with van der Waals surface area (Å²) in [6, 6.07) is -0.627. The van der Waals surface area contributed by atoms with Gasteiger partial charge in [0.15, 0.2) is 12.1 Å². The minimum atomic E-state index is -0.885. The van der Waals surface area contributed by atoms with Crippen molar-refractivity contribution in [3.63, 3.8) is 0 Å². The molecule has 8 heteroatoms. The number of quaternary nitrogens is 1. The molecule has 0 fully saturated rings. The summed E-state index contributed by atoms with van der Waals surface area (Å²) in [4.78, 5) is 37.1. The second-order valence-electron chi connectivity index (χ2n) is 17.3. The third-order valence-electron chi connectivity index (χ3n) is 10.5. The fourth-order valence-electron chi connectivity index (χ4n) is 6.65. The summed E-state index contributed by atoms with van der Waals surface area (Å²) in [6.45, 7) is 4.54. The zero-order valence-electron chi connectivity index (χ0n) is 40.7. The molecule has 0 bridgehead atoms. The van der Waals surface area contributed by atoms with Crippen LogP contribution in [0.5, 0.6) is 0 Å². The normalized spacial score (nSPS) is 13.7. The topological polar surface area (TPSA) is 99.1 Å². The maximum absolute atomic E-state index is 12.8. The summed E-state index contributed by atoms with van der Waals surface area (Å²) in [6.07, 6.45) is 60.2. The van der Waals surface area contributed by atoms with Crippen molar-refractivity contribution in [3.05, 3.63) is 97.2 Å². The first-order valence-corrected chi connectivity index (χ1v) is 24.8. The highest BCUT2D eigenvalue weighted by Gasteiger charge is 2.31. The molecule has 358 valence electrons. The molecule has 0 rings (SSSR count).